The van der Waals surface area contributed by atoms with E-state index in [1.165, 1.54) is 8.61 Å². The number of hydrogen-bond donors (Lipinski definition) is 1. The smallest absolute Gasteiger partial charge is 0.243 e. The van der Waals surface area contributed by atoms with Gasteiger partial charge in [0.15, 0.2) is 0 Å². The van der Waals surface area contributed by atoms with Crippen molar-refractivity contribution in [3.63, 3.8) is 0 Å². The number of sulfonamides is 2. The normalized spacial score (nSPS) is 17.8. The summed E-state index contributed by atoms with van der Waals surface area (Å²) >= 11 is 0. The molecule has 1 aliphatic rings. The van der Waals surface area contributed by atoms with Crippen LogP contribution in [-0.2, 0) is 33.1 Å². The number of benzene rings is 4. The van der Waals surface area contributed by atoms with Crippen LogP contribution >= 0.6 is 0 Å². The second kappa shape index (κ2) is 12.3. The Kier molecular flexibility index (Phi) is 8.72. The van der Waals surface area contributed by atoms with E-state index >= 15 is 0 Å². The highest BCUT2D eigenvalue weighted by molar-refractivity contribution is 7.89. The zero-order valence-electron chi connectivity index (χ0n) is 23.2. The molecule has 4 aromatic rings. The first-order chi connectivity index (χ1) is 19.7. The van der Waals surface area contributed by atoms with Crippen molar-refractivity contribution in [3.05, 3.63) is 131 Å². The topological polar surface area (TPSA) is 86.8 Å². The molecule has 7 nitrogen and oxygen atoms in total. The van der Waals surface area contributed by atoms with Gasteiger partial charge in [-0.25, -0.2) is 16.8 Å². The third-order valence-electron chi connectivity index (χ3n) is 7.61. The molecular formula is C32H35N3O4S2. The lowest BCUT2D eigenvalue weighted by Crippen LogP contribution is -2.54. The third-order valence-corrected chi connectivity index (χ3v) is 11.7. The standard InChI is InChI=1S/C32H35N3O4S2/c1-25-13-9-11-19-31(25)40(36,37)34(23-27-15-5-3-6-16-27)29-21-33-22-30(29)35(24-28-17-7-4-8-18-28)41(38,39)32-20-12-10-14-26(32)2/h3-20,29-30,33H,21-24H2,1-2H3/t29-,30-/m0/s1. The number of aryl methyl sites for hydroxylation is 2. The van der Waals surface area contributed by atoms with Crippen LogP contribution in [0.1, 0.15) is 22.3 Å². The number of rotatable bonds is 10. The molecule has 0 saturated carbocycles. The first-order valence-corrected chi connectivity index (χ1v) is 16.5. The van der Waals surface area contributed by atoms with Gasteiger partial charge in [0.05, 0.1) is 21.9 Å². The van der Waals surface area contributed by atoms with Gasteiger partial charge < -0.3 is 5.32 Å². The fourth-order valence-electron chi connectivity index (χ4n) is 5.47. The minimum Gasteiger partial charge on any atom is -0.313 e. The Bertz CT molecular complexity index is 1570. The maximum Gasteiger partial charge on any atom is 0.243 e. The highest BCUT2D eigenvalue weighted by Crippen LogP contribution is 2.32. The summed E-state index contributed by atoms with van der Waals surface area (Å²) in [5, 5.41) is 3.32. The summed E-state index contributed by atoms with van der Waals surface area (Å²) in [7, 11) is -8.00. The predicted octanol–water partition coefficient (Wildman–Crippen LogP) is 4.73. The molecule has 2 atom stereocenters. The van der Waals surface area contributed by atoms with Crippen molar-refractivity contribution < 1.29 is 16.8 Å². The minimum absolute atomic E-state index is 0.115. The Morgan fingerprint density at radius 1 is 0.561 bits per heavy atom. The van der Waals surface area contributed by atoms with E-state index in [0.29, 0.717) is 24.2 Å². The van der Waals surface area contributed by atoms with Gasteiger partial charge in [-0.05, 0) is 48.2 Å². The highest BCUT2D eigenvalue weighted by atomic mass is 32.2. The van der Waals surface area contributed by atoms with Gasteiger partial charge >= 0.3 is 0 Å². The quantitative estimate of drug-likeness (QED) is 0.289. The molecular weight excluding hydrogens is 555 g/mol. The van der Waals surface area contributed by atoms with Gasteiger partial charge in [-0.2, -0.15) is 8.61 Å². The molecule has 1 fully saturated rings. The molecule has 41 heavy (non-hydrogen) atoms. The first-order valence-electron chi connectivity index (χ1n) is 13.6. The molecule has 1 aliphatic heterocycles. The zero-order valence-corrected chi connectivity index (χ0v) is 24.9. The summed E-state index contributed by atoms with van der Waals surface area (Å²) in [4.78, 5) is 0.441. The van der Waals surface area contributed by atoms with Crippen molar-refractivity contribution in [1.82, 2.24) is 13.9 Å². The monoisotopic (exact) mass is 589 g/mol. The molecule has 1 saturated heterocycles. The molecule has 0 spiro atoms. The summed E-state index contributed by atoms with van der Waals surface area (Å²) in [5.74, 6) is 0. The molecule has 1 N–H and O–H groups in total. The molecule has 0 amide bonds. The van der Waals surface area contributed by atoms with E-state index in [1.54, 1.807) is 50.2 Å². The summed E-state index contributed by atoms with van der Waals surface area (Å²) < 4.78 is 60.5. The van der Waals surface area contributed by atoms with Crippen molar-refractivity contribution in [2.24, 2.45) is 0 Å². The predicted molar refractivity (Wildman–Crippen MR) is 161 cm³/mol. The van der Waals surface area contributed by atoms with Crippen molar-refractivity contribution in [3.8, 4) is 0 Å². The van der Waals surface area contributed by atoms with E-state index in [-0.39, 0.29) is 22.9 Å². The van der Waals surface area contributed by atoms with Gasteiger partial charge in [-0.15, -0.1) is 0 Å². The molecule has 0 aliphatic carbocycles. The van der Waals surface area contributed by atoms with Gasteiger partial charge in [-0.3, -0.25) is 0 Å². The molecule has 1 heterocycles. The van der Waals surface area contributed by atoms with Crippen LogP contribution in [0.4, 0.5) is 0 Å². The summed E-state index contributed by atoms with van der Waals surface area (Å²) in [6.45, 7) is 4.42. The van der Waals surface area contributed by atoms with Gasteiger partial charge in [0, 0.05) is 26.2 Å². The van der Waals surface area contributed by atoms with Crippen LogP contribution in [0.5, 0.6) is 0 Å². The largest absolute Gasteiger partial charge is 0.313 e. The van der Waals surface area contributed by atoms with Gasteiger partial charge in [0.1, 0.15) is 0 Å². The highest BCUT2D eigenvalue weighted by Gasteiger charge is 2.45. The van der Waals surface area contributed by atoms with Crippen LogP contribution in [0, 0.1) is 13.8 Å². The van der Waals surface area contributed by atoms with E-state index < -0.39 is 32.1 Å². The lowest BCUT2D eigenvalue weighted by Gasteiger charge is -2.37. The lowest BCUT2D eigenvalue weighted by molar-refractivity contribution is 0.219. The van der Waals surface area contributed by atoms with Crippen LogP contribution in [0.3, 0.4) is 0 Å². The van der Waals surface area contributed by atoms with E-state index in [2.05, 4.69) is 5.32 Å². The van der Waals surface area contributed by atoms with Crippen LogP contribution in [0.15, 0.2) is 119 Å². The van der Waals surface area contributed by atoms with Crippen LogP contribution in [-0.4, -0.2) is 50.6 Å². The Balaban J connectivity index is 1.63. The zero-order chi connectivity index (χ0) is 29.0. The molecule has 9 heteroatoms. The van der Waals surface area contributed by atoms with Crippen molar-refractivity contribution >= 4 is 20.0 Å². The fourth-order valence-corrected chi connectivity index (χ4v) is 9.21. The Labute approximate surface area is 243 Å². The molecule has 0 unspecified atom stereocenters. The summed E-state index contributed by atoms with van der Waals surface area (Å²) in [6.07, 6.45) is 0. The van der Waals surface area contributed by atoms with Crippen molar-refractivity contribution in [2.75, 3.05) is 13.1 Å². The van der Waals surface area contributed by atoms with E-state index in [4.69, 9.17) is 0 Å². The van der Waals surface area contributed by atoms with Crippen LogP contribution < -0.4 is 5.32 Å². The maximum absolute atomic E-state index is 14.4. The average molecular weight is 590 g/mol. The van der Waals surface area contributed by atoms with Gasteiger partial charge in [0.25, 0.3) is 0 Å². The molecule has 5 rings (SSSR count). The Morgan fingerprint density at radius 3 is 1.27 bits per heavy atom. The Morgan fingerprint density at radius 2 is 0.902 bits per heavy atom. The summed E-state index contributed by atoms with van der Waals surface area (Å²) in [6, 6.07) is 31.4. The van der Waals surface area contributed by atoms with Crippen molar-refractivity contribution in [2.45, 2.75) is 48.8 Å². The van der Waals surface area contributed by atoms with E-state index in [9.17, 15) is 16.8 Å². The number of hydrogen-bond acceptors (Lipinski definition) is 5. The summed E-state index contributed by atoms with van der Waals surface area (Å²) in [5.41, 5.74) is 2.93. The van der Waals surface area contributed by atoms with Gasteiger partial charge in [-0.1, -0.05) is 97.1 Å². The number of nitrogens with one attached hydrogen (secondary N) is 1. The third kappa shape index (κ3) is 6.14. The average Bonchev–Trinajstić information content (AvgIpc) is 3.44. The maximum atomic E-state index is 14.4. The molecule has 4 aromatic carbocycles. The Hall–Kier alpha value is -3.34. The molecule has 0 bridgehead atoms. The van der Waals surface area contributed by atoms with E-state index in [0.717, 1.165) is 11.1 Å². The fraction of sp³-hybridized carbons (Fsp3) is 0.250. The van der Waals surface area contributed by atoms with Gasteiger partial charge in [0.2, 0.25) is 20.0 Å². The van der Waals surface area contributed by atoms with E-state index in [1.807, 2.05) is 72.8 Å². The lowest BCUT2D eigenvalue weighted by atomic mass is 10.1. The molecule has 0 aromatic heterocycles. The second-order valence-electron chi connectivity index (χ2n) is 10.4. The van der Waals surface area contributed by atoms with Crippen LogP contribution in [0.25, 0.3) is 0 Å². The molecule has 0 radical (unpaired) electrons. The van der Waals surface area contributed by atoms with Crippen LogP contribution in [0.2, 0.25) is 0 Å². The minimum atomic E-state index is -4.00. The van der Waals surface area contributed by atoms with Crippen molar-refractivity contribution in [1.29, 1.82) is 0 Å². The SMILES string of the molecule is Cc1ccccc1S(=O)(=O)N(Cc1ccccc1)[C@H]1CNC[C@@H]1N(Cc1ccccc1)S(=O)(=O)c1ccccc1C. The molecule has 214 valence electrons. The second-order valence-corrected chi connectivity index (χ2v) is 14.1. The first kappa shape index (κ1) is 29.2. The number of nitrogens with zero attached hydrogens (tertiary/aromatic N) is 2.